The van der Waals surface area contributed by atoms with Crippen molar-refractivity contribution in [3.05, 3.63) is 65.2 Å². The van der Waals surface area contributed by atoms with Gasteiger partial charge in [0.25, 0.3) is 0 Å². The molecule has 2 atom stereocenters. The zero-order valence-corrected chi connectivity index (χ0v) is 16.9. The van der Waals surface area contributed by atoms with E-state index in [1.807, 2.05) is 42.5 Å². The van der Waals surface area contributed by atoms with Gasteiger partial charge in [-0.3, -0.25) is 9.69 Å². The number of amides is 2. The molecule has 1 aliphatic heterocycles. The van der Waals surface area contributed by atoms with Gasteiger partial charge in [0.2, 0.25) is 0 Å². The van der Waals surface area contributed by atoms with Crippen LogP contribution in [0.3, 0.4) is 0 Å². The molecule has 0 bridgehead atoms. The van der Waals surface area contributed by atoms with Gasteiger partial charge in [0.15, 0.2) is 0 Å². The number of rotatable bonds is 5. The number of fused-ring (bicyclic) bond motifs is 1. The number of hydrogen-bond acceptors (Lipinski definition) is 5. The fraction of sp³-hybridized carbons (Fsp3) is 0.348. The summed E-state index contributed by atoms with van der Waals surface area (Å²) in [6.07, 6.45) is 2.71. The number of nitrogens with zero attached hydrogens (tertiary/aromatic N) is 2. The number of hydrogen-bond donors (Lipinski definition) is 2. The number of anilines is 1. The first-order valence-electron chi connectivity index (χ1n) is 10.2. The Labute approximate surface area is 175 Å². The first-order valence-corrected chi connectivity index (χ1v) is 10.2. The van der Waals surface area contributed by atoms with Crippen LogP contribution in [0.4, 0.5) is 10.5 Å². The molecule has 4 rings (SSSR count). The van der Waals surface area contributed by atoms with Gasteiger partial charge >= 0.3 is 12.0 Å². The highest BCUT2D eigenvalue weighted by Gasteiger charge is 2.39. The zero-order valence-electron chi connectivity index (χ0n) is 16.9. The Morgan fingerprint density at radius 2 is 2.07 bits per heavy atom. The van der Waals surface area contributed by atoms with Gasteiger partial charge in [0.05, 0.1) is 25.3 Å². The summed E-state index contributed by atoms with van der Waals surface area (Å²) in [5.41, 5.74) is 4.51. The van der Waals surface area contributed by atoms with E-state index in [1.165, 1.54) is 7.11 Å². The average molecular weight is 407 g/mol. The SMILES string of the molecule is COC(=O)CC(c1ccc2c(c1)CCCC2=NO)C1CNC(=O)N1c1ccccc1. The Hall–Kier alpha value is -3.35. The quantitative estimate of drug-likeness (QED) is 0.451. The minimum atomic E-state index is -0.317. The molecule has 30 heavy (non-hydrogen) atoms. The van der Waals surface area contributed by atoms with Crippen molar-refractivity contribution in [2.45, 2.75) is 37.6 Å². The van der Waals surface area contributed by atoms with Crippen LogP contribution in [-0.4, -0.2) is 42.6 Å². The van der Waals surface area contributed by atoms with Crippen molar-refractivity contribution in [2.75, 3.05) is 18.6 Å². The third kappa shape index (κ3) is 3.75. The summed E-state index contributed by atoms with van der Waals surface area (Å²) in [5.74, 6) is -0.555. The van der Waals surface area contributed by atoms with E-state index in [-0.39, 0.29) is 30.4 Å². The molecular weight excluding hydrogens is 382 g/mol. The van der Waals surface area contributed by atoms with E-state index in [9.17, 15) is 14.8 Å². The lowest BCUT2D eigenvalue weighted by Gasteiger charge is -2.31. The smallest absolute Gasteiger partial charge is 0.322 e. The normalized spacial score (nSPS) is 20.6. The number of aryl methyl sites for hydroxylation is 1. The first-order chi connectivity index (χ1) is 14.6. The lowest BCUT2D eigenvalue weighted by molar-refractivity contribution is -0.141. The van der Waals surface area contributed by atoms with Crippen molar-refractivity contribution < 1.29 is 19.5 Å². The summed E-state index contributed by atoms with van der Waals surface area (Å²) >= 11 is 0. The topological polar surface area (TPSA) is 91.2 Å². The van der Waals surface area contributed by atoms with Gasteiger partial charge < -0.3 is 15.3 Å². The number of benzene rings is 2. The van der Waals surface area contributed by atoms with E-state index in [4.69, 9.17) is 4.74 Å². The van der Waals surface area contributed by atoms with Gasteiger partial charge in [-0.25, -0.2) is 4.79 Å². The van der Waals surface area contributed by atoms with Crippen molar-refractivity contribution in [1.82, 2.24) is 5.32 Å². The first kappa shape index (κ1) is 19.9. The predicted molar refractivity (Wildman–Crippen MR) is 113 cm³/mol. The molecule has 2 aromatic carbocycles. The van der Waals surface area contributed by atoms with Crippen LogP contribution in [0.5, 0.6) is 0 Å². The van der Waals surface area contributed by atoms with Crippen LogP contribution >= 0.6 is 0 Å². The molecular formula is C23H25N3O4. The highest BCUT2D eigenvalue weighted by Crippen LogP contribution is 2.35. The van der Waals surface area contributed by atoms with E-state index < -0.39 is 0 Å². The maximum atomic E-state index is 12.6. The second-order valence-corrected chi connectivity index (χ2v) is 7.66. The molecule has 0 aromatic heterocycles. The molecule has 1 fully saturated rings. The number of urea groups is 1. The van der Waals surface area contributed by atoms with Crippen LogP contribution in [0.15, 0.2) is 53.7 Å². The van der Waals surface area contributed by atoms with Crippen molar-refractivity contribution in [3.63, 3.8) is 0 Å². The lowest BCUT2D eigenvalue weighted by atomic mass is 9.82. The van der Waals surface area contributed by atoms with Crippen LogP contribution in [0, 0.1) is 0 Å². The van der Waals surface area contributed by atoms with Crippen molar-refractivity contribution in [3.8, 4) is 0 Å². The van der Waals surface area contributed by atoms with Crippen LogP contribution in [0.25, 0.3) is 0 Å². The van der Waals surface area contributed by atoms with Crippen LogP contribution in [-0.2, 0) is 16.0 Å². The average Bonchev–Trinajstić information content (AvgIpc) is 3.17. The number of oxime groups is 1. The molecule has 7 nitrogen and oxygen atoms in total. The summed E-state index contributed by atoms with van der Waals surface area (Å²) in [6, 6.07) is 15.1. The Morgan fingerprint density at radius 3 is 2.80 bits per heavy atom. The number of esters is 1. The molecule has 1 heterocycles. The second-order valence-electron chi connectivity index (χ2n) is 7.66. The molecule has 1 saturated heterocycles. The molecule has 1 aliphatic carbocycles. The van der Waals surface area contributed by atoms with Crippen molar-refractivity contribution in [2.24, 2.45) is 5.16 Å². The number of methoxy groups -OCH3 is 1. The standard InChI is InChI=1S/C23H25N3O4/c1-30-22(27)13-19(16-10-11-18-15(12-16)6-5-9-20(18)25-29)21-14-24-23(28)26(21)17-7-3-2-4-8-17/h2-4,7-8,10-12,19,21,29H,5-6,9,13-14H2,1H3,(H,24,28). The molecule has 0 radical (unpaired) electrons. The van der Waals surface area contributed by atoms with Crippen LogP contribution in [0.1, 0.15) is 41.9 Å². The van der Waals surface area contributed by atoms with Gasteiger partial charge in [0, 0.05) is 23.7 Å². The highest BCUT2D eigenvalue weighted by atomic mass is 16.5. The minimum absolute atomic E-state index is 0.166. The third-order valence-electron chi connectivity index (χ3n) is 5.97. The number of ether oxygens (including phenoxy) is 1. The third-order valence-corrected chi connectivity index (χ3v) is 5.97. The van der Waals surface area contributed by atoms with E-state index in [0.717, 1.165) is 41.6 Å². The van der Waals surface area contributed by atoms with Gasteiger partial charge in [0.1, 0.15) is 0 Å². The van der Waals surface area contributed by atoms with Gasteiger partial charge in [-0.05, 0) is 42.5 Å². The number of carbonyl (C=O) groups is 2. The second kappa shape index (κ2) is 8.57. The largest absolute Gasteiger partial charge is 0.469 e. The molecule has 2 aromatic rings. The molecule has 156 valence electrons. The minimum Gasteiger partial charge on any atom is -0.469 e. The van der Waals surface area contributed by atoms with Crippen molar-refractivity contribution >= 4 is 23.4 Å². The fourth-order valence-electron chi connectivity index (χ4n) is 4.49. The van der Waals surface area contributed by atoms with Crippen LogP contribution < -0.4 is 10.2 Å². The number of nitrogens with one attached hydrogen (secondary N) is 1. The number of carbonyl (C=O) groups excluding carboxylic acids is 2. The molecule has 2 aliphatic rings. The lowest BCUT2D eigenvalue weighted by Crippen LogP contribution is -2.39. The molecule has 2 amide bonds. The maximum Gasteiger partial charge on any atom is 0.322 e. The molecule has 0 spiro atoms. The molecule has 2 unspecified atom stereocenters. The zero-order chi connectivity index (χ0) is 21.1. The fourth-order valence-corrected chi connectivity index (χ4v) is 4.49. The summed E-state index contributed by atoms with van der Waals surface area (Å²) < 4.78 is 4.96. The molecule has 0 saturated carbocycles. The van der Waals surface area contributed by atoms with E-state index >= 15 is 0 Å². The highest BCUT2D eigenvalue weighted by molar-refractivity contribution is 6.02. The number of para-hydroxylation sites is 1. The molecule has 2 N–H and O–H groups in total. The van der Waals surface area contributed by atoms with E-state index in [0.29, 0.717) is 12.3 Å². The van der Waals surface area contributed by atoms with Crippen molar-refractivity contribution in [1.29, 1.82) is 0 Å². The van der Waals surface area contributed by atoms with Crippen LogP contribution in [0.2, 0.25) is 0 Å². The van der Waals surface area contributed by atoms with E-state index in [1.54, 1.807) is 4.90 Å². The van der Waals surface area contributed by atoms with Gasteiger partial charge in [-0.15, -0.1) is 0 Å². The maximum absolute atomic E-state index is 12.6. The van der Waals surface area contributed by atoms with Gasteiger partial charge in [-0.2, -0.15) is 0 Å². The summed E-state index contributed by atoms with van der Waals surface area (Å²) in [5, 5.41) is 15.7. The Balaban J connectivity index is 1.74. The Kier molecular flexibility index (Phi) is 5.70. The summed E-state index contributed by atoms with van der Waals surface area (Å²) in [4.78, 5) is 26.6. The monoisotopic (exact) mass is 407 g/mol. The summed E-state index contributed by atoms with van der Waals surface area (Å²) in [6.45, 7) is 0.440. The summed E-state index contributed by atoms with van der Waals surface area (Å²) in [7, 11) is 1.38. The Morgan fingerprint density at radius 1 is 1.27 bits per heavy atom. The Bertz CT molecular complexity index is 974. The van der Waals surface area contributed by atoms with E-state index in [2.05, 4.69) is 16.5 Å². The predicted octanol–water partition coefficient (Wildman–Crippen LogP) is 3.45. The molecule has 7 heteroatoms. The van der Waals surface area contributed by atoms with Gasteiger partial charge in [-0.1, -0.05) is 41.6 Å².